The van der Waals surface area contributed by atoms with E-state index in [1.54, 1.807) is 16.5 Å². The highest BCUT2D eigenvalue weighted by Crippen LogP contribution is 2.29. The van der Waals surface area contributed by atoms with E-state index in [-0.39, 0.29) is 29.9 Å². The highest BCUT2D eigenvalue weighted by atomic mass is 19.1. The number of nitrogens with zero attached hydrogens (tertiary/aromatic N) is 3. The predicted molar refractivity (Wildman–Crippen MR) is 107 cm³/mol. The summed E-state index contributed by atoms with van der Waals surface area (Å²) in [5.74, 6) is -0.623. The molecule has 1 N–H and O–H groups in total. The summed E-state index contributed by atoms with van der Waals surface area (Å²) in [5.41, 5.74) is 3.07. The molecule has 5 rings (SSSR count). The normalized spacial score (nSPS) is 16.1. The van der Waals surface area contributed by atoms with Gasteiger partial charge in [0, 0.05) is 5.39 Å². The Morgan fingerprint density at radius 2 is 2.03 bits per heavy atom. The molecule has 0 bridgehead atoms. The van der Waals surface area contributed by atoms with Crippen molar-refractivity contribution in [1.82, 2.24) is 19.5 Å². The fourth-order valence-electron chi connectivity index (χ4n) is 4.19. The van der Waals surface area contributed by atoms with Crippen molar-refractivity contribution < 1.29 is 9.18 Å². The molecule has 1 aliphatic carbocycles. The second kappa shape index (κ2) is 6.84. The molecule has 1 aliphatic rings. The number of rotatable bonds is 3. The van der Waals surface area contributed by atoms with Gasteiger partial charge >= 0.3 is 0 Å². The van der Waals surface area contributed by atoms with Gasteiger partial charge in [-0.3, -0.25) is 14.0 Å². The zero-order chi connectivity index (χ0) is 20.0. The summed E-state index contributed by atoms with van der Waals surface area (Å²) in [6.45, 7) is -0.163. The molecule has 2 aromatic heterocycles. The van der Waals surface area contributed by atoms with E-state index in [1.165, 1.54) is 24.0 Å². The van der Waals surface area contributed by atoms with Crippen LogP contribution in [0.3, 0.4) is 0 Å². The molecule has 0 aliphatic heterocycles. The maximum atomic E-state index is 13.5. The van der Waals surface area contributed by atoms with Crippen molar-refractivity contribution in [3.63, 3.8) is 0 Å². The van der Waals surface area contributed by atoms with E-state index in [2.05, 4.69) is 16.5 Å². The molecule has 2 heterocycles. The van der Waals surface area contributed by atoms with Crippen molar-refractivity contribution in [1.29, 1.82) is 0 Å². The van der Waals surface area contributed by atoms with E-state index in [1.807, 2.05) is 18.2 Å². The Bertz CT molecular complexity index is 1310. The first-order valence-electron chi connectivity index (χ1n) is 9.64. The summed E-state index contributed by atoms with van der Waals surface area (Å²) in [6, 6.07) is 14.0. The van der Waals surface area contributed by atoms with Crippen LogP contribution in [0.15, 0.2) is 59.7 Å². The van der Waals surface area contributed by atoms with Crippen LogP contribution in [-0.2, 0) is 17.8 Å². The van der Waals surface area contributed by atoms with Crippen LogP contribution in [0, 0.1) is 5.82 Å². The molecule has 146 valence electrons. The third-order valence-electron chi connectivity index (χ3n) is 5.56. The maximum absolute atomic E-state index is 13.5. The van der Waals surface area contributed by atoms with Crippen LogP contribution in [-0.4, -0.2) is 20.1 Å². The Kier molecular flexibility index (Phi) is 4.16. The lowest BCUT2D eigenvalue weighted by atomic mass is 9.88. The minimum Gasteiger partial charge on any atom is -0.348 e. The van der Waals surface area contributed by atoms with Crippen LogP contribution in [0.5, 0.6) is 0 Å². The molecule has 0 fully saturated rings. The summed E-state index contributed by atoms with van der Waals surface area (Å²) in [6.07, 6.45) is 4.39. The number of amides is 1. The number of carbonyl (C=O) groups is 1. The van der Waals surface area contributed by atoms with Crippen molar-refractivity contribution in [3.8, 4) is 0 Å². The van der Waals surface area contributed by atoms with Gasteiger partial charge in [-0.1, -0.05) is 24.3 Å². The average Bonchev–Trinajstić information content (AvgIpc) is 3.09. The molecular weight excluding hydrogens is 371 g/mol. The Morgan fingerprint density at radius 1 is 1.17 bits per heavy atom. The SMILES string of the molecule is O=C(Cn1ncn2c(cc3cc(F)ccc32)c1=O)NC1CCCc2ccccc21. The molecule has 6 nitrogen and oxygen atoms in total. The summed E-state index contributed by atoms with van der Waals surface area (Å²) < 4.78 is 16.2. The van der Waals surface area contributed by atoms with Gasteiger partial charge in [-0.2, -0.15) is 5.10 Å². The van der Waals surface area contributed by atoms with Crippen molar-refractivity contribution in [2.24, 2.45) is 0 Å². The van der Waals surface area contributed by atoms with E-state index in [9.17, 15) is 14.0 Å². The quantitative estimate of drug-likeness (QED) is 0.585. The Balaban J connectivity index is 1.42. The van der Waals surface area contributed by atoms with Crippen LogP contribution in [0.1, 0.15) is 30.0 Å². The molecular formula is C22H19FN4O2. The minimum atomic E-state index is -0.386. The lowest BCUT2D eigenvalue weighted by Gasteiger charge is -2.26. The monoisotopic (exact) mass is 390 g/mol. The predicted octanol–water partition coefficient (Wildman–Crippen LogP) is 2.98. The van der Waals surface area contributed by atoms with Gasteiger partial charge in [-0.25, -0.2) is 9.07 Å². The number of nitrogens with one attached hydrogen (secondary N) is 1. The summed E-state index contributed by atoms with van der Waals surface area (Å²) in [7, 11) is 0. The summed E-state index contributed by atoms with van der Waals surface area (Å²) in [4.78, 5) is 25.4. The number of aryl methyl sites for hydroxylation is 1. The van der Waals surface area contributed by atoms with Crippen molar-refractivity contribution >= 4 is 22.3 Å². The fraction of sp³-hybridized carbons (Fsp3) is 0.227. The Morgan fingerprint density at radius 3 is 2.93 bits per heavy atom. The van der Waals surface area contributed by atoms with Gasteiger partial charge in [-0.15, -0.1) is 0 Å². The van der Waals surface area contributed by atoms with E-state index in [4.69, 9.17) is 0 Å². The van der Waals surface area contributed by atoms with Gasteiger partial charge in [0.2, 0.25) is 5.91 Å². The Labute approximate surface area is 165 Å². The third kappa shape index (κ3) is 3.08. The number of hydrogen-bond acceptors (Lipinski definition) is 3. The van der Waals surface area contributed by atoms with Gasteiger partial charge in [0.25, 0.3) is 5.56 Å². The van der Waals surface area contributed by atoms with Crippen LogP contribution in [0.2, 0.25) is 0 Å². The molecule has 0 saturated carbocycles. The first kappa shape index (κ1) is 17.6. The van der Waals surface area contributed by atoms with Crippen LogP contribution < -0.4 is 10.9 Å². The van der Waals surface area contributed by atoms with Crippen LogP contribution in [0.4, 0.5) is 4.39 Å². The van der Waals surface area contributed by atoms with Crippen LogP contribution >= 0.6 is 0 Å². The number of halogens is 1. The maximum Gasteiger partial charge on any atom is 0.291 e. The van der Waals surface area contributed by atoms with Crippen LogP contribution in [0.25, 0.3) is 16.4 Å². The topological polar surface area (TPSA) is 68.4 Å². The largest absolute Gasteiger partial charge is 0.348 e. The molecule has 1 atom stereocenters. The summed E-state index contributed by atoms with van der Waals surface area (Å²) >= 11 is 0. The molecule has 29 heavy (non-hydrogen) atoms. The molecule has 0 radical (unpaired) electrons. The number of carbonyl (C=O) groups excluding carboxylic acids is 1. The standard InChI is InChI=1S/C22H19FN4O2/c23-16-8-9-19-15(10-16)11-20-22(29)27(24-13-26(19)20)12-21(28)25-18-7-3-5-14-4-1-2-6-17(14)18/h1-2,4,6,8-11,13,18H,3,5,7,12H2,(H,25,28). The first-order chi connectivity index (χ1) is 14.1. The van der Waals surface area contributed by atoms with E-state index in [0.717, 1.165) is 29.5 Å². The van der Waals surface area contributed by atoms with E-state index < -0.39 is 0 Å². The number of aromatic nitrogens is 3. The molecule has 1 unspecified atom stereocenters. The Hall–Kier alpha value is -3.48. The zero-order valence-corrected chi connectivity index (χ0v) is 15.6. The van der Waals surface area contributed by atoms with E-state index in [0.29, 0.717) is 16.4 Å². The highest BCUT2D eigenvalue weighted by molar-refractivity contribution is 5.86. The molecule has 2 aromatic carbocycles. The second-order valence-corrected chi connectivity index (χ2v) is 7.41. The molecule has 0 spiro atoms. The molecule has 7 heteroatoms. The summed E-state index contributed by atoms with van der Waals surface area (Å²) in [5, 5.41) is 7.79. The van der Waals surface area contributed by atoms with Gasteiger partial charge in [0.15, 0.2) is 0 Å². The van der Waals surface area contributed by atoms with Crippen molar-refractivity contribution in [3.05, 3.63) is 82.2 Å². The number of hydrogen-bond donors (Lipinski definition) is 1. The van der Waals surface area contributed by atoms with Crippen molar-refractivity contribution in [2.75, 3.05) is 0 Å². The molecule has 4 aromatic rings. The average molecular weight is 390 g/mol. The lowest BCUT2D eigenvalue weighted by Crippen LogP contribution is -2.37. The van der Waals surface area contributed by atoms with Crippen molar-refractivity contribution in [2.45, 2.75) is 31.8 Å². The number of benzene rings is 2. The van der Waals surface area contributed by atoms with Gasteiger partial charge < -0.3 is 5.32 Å². The van der Waals surface area contributed by atoms with Gasteiger partial charge in [0.1, 0.15) is 24.2 Å². The van der Waals surface area contributed by atoms with E-state index >= 15 is 0 Å². The smallest absolute Gasteiger partial charge is 0.291 e. The zero-order valence-electron chi connectivity index (χ0n) is 15.6. The number of fused-ring (bicyclic) bond motifs is 4. The van der Waals surface area contributed by atoms with Gasteiger partial charge in [-0.05, 0) is 54.7 Å². The first-order valence-corrected chi connectivity index (χ1v) is 9.64. The highest BCUT2D eigenvalue weighted by Gasteiger charge is 2.22. The third-order valence-corrected chi connectivity index (χ3v) is 5.56. The van der Waals surface area contributed by atoms with Gasteiger partial charge in [0.05, 0.1) is 11.6 Å². The molecule has 1 amide bonds. The minimum absolute atomic E-state index is 0.0502. The lowest BCUT2D eigenvalue weighted by molar-refractivity contribution is -0.122. The fourth-order valence-corrected chi connectivity index (χ4v) is 4.19. The second-order valence-electron chi connectivity index (χ2n) is 7.41. The molecule has 0 saturated heterocycles.